The van der Waals surface area contributed by atoms with Crippen LogP contribution < -0.4 is 4.74 Å². The molecular weight excluding hydrogens is 230 g/mol. The SMILES string of the molecule is COc1c(C)cc(Cl)cc1CN(C)CS. The summed E-state index contributed by atoms with van der Waals surface area (Å²) < 4.78 is 5.37. The fraction of sp³-hybridized carbons (Fsp3) is 0.455. The van der Waals surface area contributed by atoms with E-state index < -0.39 is 0 Å². The second-order valence-electron chi connectivity index (χ2n) is 3.57. The summed E-state index contributed by atoms with van der Waals surface area (Å²) in [6, 6.07) is 3.85. The van der Waals surface area contributed by atoms with Crippen LogP contribution in [0.5, 0.6) is 5.75 Å². The molecule has 0 saturated carbocycles. The molecule has 84 valence electrons. The highest BCUT2D eigenvalue weighted by atomic mass is 35.5. The van der Waals surface area contributed by atoms with Gasteiger partial charge in [-0.1, -0.05) is 11.6 Å². The lowest BCUT2D eigenvalue weighted by atomic mass is 10.1. The van der Waals surface area contributed by atoms with Crippen LogP contribution in [0.1, 0.15) is 11.1 Å². The summed E-state index contributed by atoms with van der Waals surface area (Å²) in [6.07, 6.45) is 0. The van der Waals surface area contributed by atoms with E-state index in [0.29, 0.717) is 5.88 Å². The highest BCUT2D eigenvalue weighted by molar-refractivity contribution is 7.80. The minimum absolute atomic E-state index is 0.703. The van der Waals surface area contributed by atoms with Crippen LogP contribution in [0.3, 0.4) is 0 Å². The van der Waals surface area contributed by atoms with Crippen LogP contribution in [0.15, 0.2) is 12.1 Å². The molecule has 0 unspecified atom stereocenters. The van der Waals surface area contributed by atoms with Crippen LogP contribution in [0.2, 0.25) is 5.02 Å². The molecule has 1 rings (SSSR count). The normalized spacial score (nSPS) is 10.8. The molecular formula is C11H16ClNOS. The number of nitrogens with zero attached hydrogens (tertiary/aromatic N) is 1. The van der Waals surface area contributed by atoms with Gasteiger partial charge in [0.1, 0.15) is 5.75 Å². The van der Waals surface area contributed by atoms with E-state index in [0.717, 1.165) is 28.4 Å². The number of aryl methyl sites for hydroxylation is 1. The number of benzene rings is 1. The fourth-order valence-corrected chi connectivity index (χ4v) is 1.94. The molecule has 0 aliphatic heterocycles. The molecule has 0 amide bonds. The second kappa shape index (κ2) is 5.64. The average Bonchev–Trinajstić information content (AvgIpc) is 2.17. The Balaban J connectivity index is 3.03. The first-order valence-corrected chi connectivity index (χ1v) is 5.72. The van der Waals surface area contributed by atoms with Crippen molar-refractivity contribution in [1.29, 1.82) is 0 Å². The summed E-state index contributed by atoms with van der Waals surface area (Å²) in [5, 5.41) is 0.746. The van der Waals surface area contributed by atoms with Gasteiger partial charge in [-0.25, -0.2) is 0 Å². The zero-order valence-corrected chi connectivity index (χ0v) is 10.9. The zero-order valence-electron chi connectivity index (χ0n) is 9.25. The molecule has 0 N–H and O–H groups in total. The van der Waals surface area contributed by atoms with Gasteiger partial charge in [-0.05, 0) is 31.7 Å². The third-order valence-corrected chi connectivity index (χ3v) is 2.90. The highest BCUT2D eigenvalue weighted by Gasteiger charge is 2.09. The monoisotopic (exact) mass is 245 g/mol. The van der Waals surface area contributed by atoms with E-state index >= 15 is 0 Å². The minimum atomic E-state index is 0.703. The zero-order chi connectivity index (χ0) is 11.4. The molecule has 0 fully saturated rings. The molecule has 1 aromatic carbocycles. The van der Waals surface area contributed by atoms with Crippen molar-refractivity contribution < 1.29 is 4.74 Å². The highest BCUT2D eigenvalue weighted by Crippen LogP contribution is 2.28. The lowest BCUT2D eigenvalue weighted by Crippen LogP contribution is -2.16. The quantitative estimate of drug-likeness (QED) is 0.647. The Labute approximate surface area is 102 Å². The van der Waals surface area contributed by atoms with E-state index in [-0.39, 0.29) is 0 Å². The maximum atomic E-state index is 6.01. The van der Waals surface area contributed by atoms with Crippen molar-refractivity contribution in [3.05, 3.63) is 28.3 Å². The second-order valence-corrected chi connectivity index (χ2v) is 4.29. The lowest BCUT2D eigenvalue weighted by Gasteiger charge is -2.17. The topological polar surface area (TPSA) is 12.5 Å². The number of ether oxygens (including phenoxy) is 1. The third-order valence-electron chi connectivity index (χ3n) is 2.20. The Morgan fingerprint density at radius 2 is 2.13 bits per heavy atom. The smallest absolute Gasteiger partial charge is 0.126 e. The largest absolute Gasteiger partial charge is 0.496 e. The van der Waals surface area contributed by atoms with Crippen LogP contribution in [0.25, 0.3) is 0 Å². The molecule has 0 heterocycles. The Bertz CT molecular complexity index is 344. The minimum Gasteiger partial charge on any atom is -0.496 e. The number of hydrogen-bond acceptors (Lipinski definition) is 3. The predicted molar refractivity (Wildman–Crippen MR) is 68.1 cm³/mol. The van der Waals surface area contributed by atoms with E-state index in [1.165, 1.54) is 0 Å². The van der Waals surface area contributed by atoms with Crippen molar-refractivity contribution in [2.45, 2.75) is 13.5 Å². The van der Waals surface area contributed by atoms with Gasteiger partial charge >= 0.3 is 0 Å². The fourth-order valence-electron chi connectivity index (χ4n) is 1.55. The van der Waals surface area contributed by atoms with Crippen molar-refractivity contribution >= 4 is 24.2 Å². The van der Waals surface area contributed by atoms with Crippen LogP contribution >= 0.6 is 24.2 Å². The molecule has 4 heteroatoms. The van der Waals surface area contributed by atoms with Gasteiger partial charge in [0.05, 0.1) is 7.11 Å². The van der Waals surface area contributed by atoms with Crippen molar-refractivity contribution in [3.8, 4) is 5.75 Å². The number of thiol groups is 1. The maximum absolute atomic E-state index is 6.01. The molecule has 0 radical (unpaired) electrons. The van der Waals surface area contributed by atoms with Crippen molar-refractivity contribution in [2.24, 2.45) is 0 Å². The van der Waals surface area contributed by atoms with Gasteiger partial charge in [0, 0.05) is 23.0 Å². The van der Waals surface area contributed by atoms with E-state index in [1.807, 2.05) is 26.1 Å². The standard InChI is InChI=1S/C11H16ClNOS/c1-8-4-10(12)5-9(11(8)14-3)6-13(2)7-15/h4-5,15H,6-7H2,1-3H3. The van der Waals surface area contributed by atoms with Gasteiger partial charge in [0.2, 0.25) is 0 Å². The summed E-state index contributed by atoms with van der Waals surface area (Å²) in [4.78, 5) is 2.08. The van der Waals surface area contributed by atoms with Gasteiger partial charge in [0.25, 0.3) is 0 Å². The Hall–Kier alpha value is -0.380. The molecule has 1 aromatic rings. The summed E-state index contributed by atoms with van der Waals surface area (Å²) in [5.74, 6) is 1.61. The van der Waals surface area contributed by atoms with E-state index in [1.54, 1.807) is 7.11 Å². The Morgan fingerprint density at radius 1 is 1.47 bits per heavy atom. The van der Waals surface area contributed by atoms with Gasteiger partial charge in [-0.2, -0.15) is 12.6 Å². The summed E-state index contributed by atoms with van der Waals surface area (Å²) in [5.41, 5.74) is 2.16. The molecule has 0 atom stereocenters. The van der Waals surface area contributed by atoms with E-state index in [2.05, 4.69) is 17.5 Å². The summed E-state index contributed by atoms with van der Waals surface area (Å²) >= 11 is 10.2. The molecule has 15 heavy (non-hydrogen) atoms. The molecule has 0 bridgehead atoms. The van der Waals surface area contributed by atoms with Gasteiger partial charge in [0.15, 0.2) is 0 Å². The molecule has 0 saturated heterocycles. The van der Waals surface area contributed by atoms with Crippen molar-refractivity contribution in [2.75, 3.05) is 20.0 Å². The van der Waals surface area contributed by atoms with Gasteiger partial charge in [-0.15, -0.1) is 0 Å². The first-order valence-electron chi connectivity index (χ1n) is 4.71. The van der Waals surface area contributed by atoms with Crippen LogP contribution in [0.4, 0.5) is 0 Å². The molecule has 0 spiro atoms. The summed E-state index contributed by atoms with van der Waals surface area (Å²) in [7, 11) is 3.68. The summed E-state index contributed by atoms with van der Waals surface area (Å²) in [6.45, 7) is 2.78. The third kappa shape index (κ3) is 3.30. The Kier molecular flexibility index (Phi) is 4.77. The van der Waals surface area contributed by atoms with Gasteiger partial charge < -0.3 is 4.74 Å². The van der Waals surface area contributed by atoms with Crippen LogP contribution in [-0.4, -0.2) is 24.9 Å². The first-order chi connectivity index (χ1) is 7.08. The molecule has 0 aromatic heterocycles. The maximum Gasteiger partial charge on any atom is 0.126 e. The number of methoxy groups -OCH3 is 1. The van der Waals surface area contributed by atoms with Gasteiger partial charge in [-0.3, -0.25) is 4.90 Å². The lowest BCUT2D eigenvalue weighted by molar-refractivity contribution is 0.362. The van der Waals surface area contributed by atoms with E-state index in [9.17, 15) is 0 Å². The number of halogens is 1. The first kappa shape index (κ1) is 12.7. The Morgan fingerprint density at radius 3 is 2.67 bits per heavy atom. The van der Waals surface area contributed by atoms with Crippen molar-refractivity contribution in [3.63, 3.8) is 0 Å². The van der Waals surface area contributed by atoms with Crippen LogP contribution in [0, 0.1) is 6.92 Å². The van der Waals surface area contributed by atoms with Crippen molar-refractivity contribution in [1.82, 2.24) is 4.90 Å². The number of hydrogen-bond donors (Lipinski definition) is 1. The van der Waals surface area contributed by atoms with Crippen LogP contribution in [-0.2, 0) is 6.54 Å². The molecule has 2 nitrogen and oxygen atoms in total. The number of rotatable bonds is 4. The molecule has 0 aliphatic rings. The molecule has 0 aliphatic carbocycles. The van der Waals surface area contributed by atoms with E-state index in [4.69, 9.17) is 16.3 Å². The predicted octanol–water partition coefficient (Wildman–Crippen LogP) is 2.98. The average molecular weight is 246 g/mol.